The number of hydrogen-bond donors (Lipinski definition) is 0. The van der Waals surface area contributed by atoms with Crippen molar-refractivity contribution in [2.24, 2.45) is 11.8 Å². The Morgan fingerprint density at radius 2 is 1.06 bits per heavy atom. The van der Waals surface area contributed by atoms with E-state index in [1.807, 2.05) is 0 Å². The third kappa shape index (κ3) is 2.92. The summed E-state index contributed by atoms with van der Waals surface area (Å²) >= 11 is 0. The summed E-state index contributed by atoms with van der Waals surface area (Å²) in [6, 6.07) is 40.1. The van der Waals surface area contributed by atoms with Crippen molar-refractivity contribution in [2.45, 2.75) is 0 Å². The summed E-state index contributed by atoms with van der Waals surface area (Å²) in [7, 11) is 0. The highest BCUT2D eigenvalue weighted by Gasteiger charge is 2.32. The predicted octanol–water partition coefficient (Wildman–Crippen LogP) is 6.76. The van der Waals surface area contributed by atoms with Crippen LogP contribution in [0.4, 0.5) is 0 Å². The molecule has 0 heteroatoms. The van der Waals surface area contributed by atoms with E-state index in [4.69, 9.17) is 0 Å². The number of allylic oxidation sites excluding steroid dienone is 4. The van der Waals surface area contributed by atoms with Crippen molar-refractivity contribution >= 4 is 32.7 Å². The van der Waals surface area contributed by atoms with Crippen molar-refractivity contribution in [3.8, 4) is 0 Å². The molecule has 0 aliphatic heterocycles. The second kappa shape index (κ2) is 7.71. The van der Waals surface area contributed by atoms with E-state index in [1.54, 1.807) is 0 Å². The molecule has 2 aliphatic carbocycles. The predicted molar refractivity (Wildman–Crippen MR) is 144 cm³/mol. The minimum Gasteiger partial charge on any atom is -0.0760 e. The van der Waals surface area contributed by atoms with Crippen molar-refractivity contribution in [1.29, 1.82) is 0 Å². The Morgan fingerprint density at radius 1 is 0.441 bits per heavy atom. The van der Waals surface area contributed by atoms with Crippen LogP contribution in [0.1, 0.15) is 11.1 Å². The molecule has 0 spiro atoms. The van der Waals surface area contributed by atoms with Crippen molar-refractivity contribution in [3.05, 3.63) is 155 Å². The molecule has 0 nitrogen and oxygen atoms in total. The summed E-state index contributed by atoms with van der Waals surface area (Å²) in [6.07, 6.45) is 9.24. The zero-order chi connectivity index (χ0) is 22.5. The van der Waals surface area contributed by atoms with Gasteiger partial charge in [0.25, 0.3) is 0 Å². The third-order valence-electron chi connectivity index (χ3n) is 7.45. The summed E-state index contributed by atoms with van der Waals surface area (Å²) in [5.74, 6) is 0.599. The van der Waals surface area contributed by atoms with Crippen LogP contribution in [0.25, 0.3) is 32.7 Å². The molecule has 5 aromatic carbocycles. The Labute approximate surface area is 199 Å². The van der Waals surface area contributed by atoms with Crippen molar-refractivity contribution in [3.63, 3.8) is 0 Å². The molecule has 5 aromatic rings. The summed E-state index contributed by atoms with van der Waals surface area (Å²) in [6.45, 7) is 0. The van der Waals surface area contributed by atoms with Gasteiger partial charge in [-0.3, -0.25) is 0 Å². The van der Waals surface area contributed by atoms with Gasteiger partial charge in [0.05, 0.1) is 0 Å². The van der Waals surface area contributed by atoms with Gasteiger partial charge in [0, 0.05) is 11.8 Å². The average molecular weight is 433 g/mol. The zero-order valence-electron chi connectivity index (χ0n) is 18.9. The molecule has 0 bridgehead atoms. The van der Waals surface area contributed by atoms with Crippen LogP contribution in [0.5, 0.6) is 0 Å². The Kier molecular flexibility index (Phi) is 4.38. The van der Waals surface area contributed by atoms with E-state index in [0.29, 0.717) is 11.8 Å². The van der Waals surface area contributed by atoms with Crippen LogP contribution in [0, 0.1) is 11.8 Å². The van der Waals surface area contributed by atoms with Gasteiger partial charge in [0.1, 0.15) is 0 Å². The van der Waals surface area contributed by atoms with E-state index in [2.05, 4.69) is 133 Å². The SMILES string of the molecule is C1=CC2C(c3ccc4ccccc4c3)=c3ccccc3=C(c3cccc4ccccc34)C2C=C1. The maximum Gasteiger partial charge on any atom is 0.0137 e. The second-order valence-corrected chi connectivity index (χ2v) is 9.28. The minimum atomic E-state index is 0.298. The molecule has 0 radical (unpaired) electrons. The van der Waals surface area contributed by atoms with Crippen LogP contribution in [0.15, 0.2) is 133 Å². The standard InChI is InChI=1S/C34H24/c1-2-12-25-22-26(21-20-23(25)10-1)33-29-15-5-7-17-31(29)34(32-18-8-6-16-30(32)33)28-19-9-13-24-11-3-4-14-27(24)28/h1-22,29,31H. The first-order chi connectivity index (χ1) is 16.9. The molecule has 0 fully saturated rings. The summed E-state index contributed by atoms with van der Waals surface area (Å²) < 4.78 is 0. The molecule has 34 heavy (non-hydrogen) atoms. The molecule has 0 saturated carbocycles. The van der Waals surface area contributed by atoms with Crippen LogP contribution in [0.2, 0.25) is 0 Å². The first-order valence-corrected chi connectivity index (χ1v) is 12.0. The van der Waals surface area contributed by atoms with E-state index < -0.39 is 0 Å². The van der Waals surface area contributed by atoms with Gasteiger partial charge in [-0.05, 0) is 60.3 Å². The molecule has 0 heterocycles. The van der Waals surface area contributed by atoms with Crippen molar-refractivity contribution in [2.75, 3.05) is 0 Å². The topological polar surface area (TPSA) is 0 Å². The Morgan fingerprint density at radius 3 is 1.88 bits per heavy atom. The molecule has 2 atom stereocenters. The number of rotatable bonds is 2. The van der Waals surface area contributed by atoms with Crippen molar-refractivity contribution < 1.29 is 0 Å². The molecule has 7 rings (SSSR count). The molecule has 0 N–H and O–H groups in total. The Balaban J connectivity index is 1.62. The second-order valence-electron chi connectivity index (χ2n) is 9.28. The van der Waals surface area contributed by atoms with Crippen LogP contribution >= 0.6 is 0 Å². The summed E-state index contributed by atoms with van der Waals surface area (Å²) in [4.78, 5) is 0. The molecule has 160 valence electrons. The van der Waals surface area contributed by atoms with E-state index in [9.17, 15) is 0 Å². The zero-order valence-corrected chi connectivity index (χ0v) is 18.9. The summed E-state index contributed by atoms with van der Waals surface area (Å²) in [5, 5.41) is 7.90. The molecule has 2 aliphatic rings. The molecule has 0 saturated heterocycles. The van der Waals surface area contributed by atoms with Gasteiger partial charge in [-0.2, -0.15) is 0 Å². The molecule has 0 aromatic heterocycles. The highest BCUT2D eigenvalue weighted by atomic mass is 14.3. The van der Waals surface area contributed by atoms with Crippen LogP contribution in [0.3, 0.4) is 0 Å². The van der Waals surface area contributed by atoms with Crippen molar-refractivity contribution in [1.82, 2.24) is 0 Å². The van der Waals surface area contributed by atoms with Gasteiger partial charge < -0.3 is 0 Å². The third-order valence-corrected chi connectivity index (χ3v) is 7.45. The van der Waals surface area contributed by atoms with E-state index >= 15 is 0 Å². The maximum atomic E-state index is 2.40. The van der Waals surface area contributed by atoms with E-state index in [-0.39, 0.29) is 0 Å². The fourth-order valence-electron chi connectivity index (χ4n) is 5.96. The Bertz CT molecular complexity index is 1760. The van der Waals surface area contributed by atoms with Gasteiger partial charge in [-0.25, -0.2) is 0 Å². The van der Waals surface area contributed by atoms with Crippen LogP contribution in [-0.4, -0.2) is 0 Å². The van der Waals surface area contributed by atoms with E-state index in [1.165, 1.54) is 54.3 Å². The van der Waals surface area contributed by atoms with Crippen LogP contribution < -0.4 is 10.4 Å². The first kappa shape index (κ1) is 19.3. The normalized spacial score (nSPS) is 18.8. The smallest absolute Gasteiger partial charge is 0.0137 e. The quantitative estimate of drug-likeness (QED) is 0.289. The van der Waals surface area contributed by atoms with Gasteiger partial charge in [-0.15, -0.1) is 0 Å². The highest BCUT2D eigenvalue weighted by molar-refractivity contribution is 5.96. The lowest BCUT2D eigenvalue weighted by Crippen LogP contribution is -2.40. The van der Waals surface area contributed by atoms with E-state index in [0.717, 1.165) is 0 Å². The lowest BCUT2D eigenvalue weighted by atomic mass is 9.69. The molecule has 2 unspecified atom stereocenters. The largest absolute Gasteiger partial charge is 0.0760 e. The Hall–Kier alpha value is -4.16. The van der Waals surface area contributed by atoms with Gasteiger partial charge in [-0.1, -0.05) is 127 Å². The number of fused-ring (bicyclic) bond motifs is 4. The first-order valence-electron chi connectivity index (χ1n) is 12.0. The lowest BCUT2D eigenvalue weighted by Gasteiger charge is -2.33. The monoisotopic (exact) mass is 432 g/mol. The number of hydrogen-bond acceptors (Lipinski definition) is 0. The molecular weight excluding hydrogens is 408 g/mol. The van der Waals surface area contributed by atoms with Crippen LogP contribution in [-0.2, 0) is 0 Å². The average Bonchev–Trinajstić information content (AvgIpc) is 2.91. The lowest BCUT2D eigenvalue weighted by molar-refractivity contribution is 0.687. The highest BCUT2D eigenvalue weighted by Crippen LogP contribution is 2.42. The molecule has 0 amide bonds. The maximum absolute atomic E-state index is 2.40. The van der Waals surface area contributed by atoms with Gasteiger partial charge in [0.2, 0.25) is 0 Å². The summed E-state index contributed by atoms with van der Waals surface area (Å²) in [5.41, 5.74) is 5.52. The fourth-order valence-corrected chi connectivity index (χ4v) is 5.96. The fraction of sp³-hybridized carbons (Fsp3) is 0.0588. The molecular formula is C34H24. The number of benzene rings is 5. The van der Waals surface area contributed by atoms with Gasteiger partial charge in [0.15, 0.2) is 0 Å². The van der Waals surface area contributed by atoms with Gasteiger partial charge >= 0.3 is 0 Å². The minimum absolute atomic E-state index is 0.298.